The van der Waals surface area contributed by atoms with Crippen molar-refractivity contribution < 1.29 is 14.1 Å². The van der Waals surface area contributed by atoms with Crippen molar-refractivity contribution in [1.82, 2.24) is 15.0 Å². The van der Waals surface area contributed by atoms with Crippen LogP contribution >= 0.6 is 11.3 Å². The van der Waals surface area contributed by atoms with Crippen molar-refractivity contribution in [3.63, 3.8) is 0 Å². The third-order valence-corrected chi connectivity index (χ3v) is 4.75. The molecule has 2 aromatic heterocycles. The first-order valence-corrected chi connectivity index (χ1v) is 9.50. The van der Waals surface area contributed by atoms with E-state index >= 15 is 0 Å². The van der Waals surface area contributed by atoms with E-state index < -0.39 is 0 Å². The number of carbonyl (C=O) groups is 1. The molecule has 3 rings (SSSR count). The van der Waals surface area contributed by atoms with Crippen LogP contribution in [0, 0.1) is 6.92 Å². The Balaban J connectivity index is 1.95. The van der Waals surface area contributed by atoms with Crippen molar-refractivity contribution in [3.05, 3.63) is 46.2 Å². The first-order chi connectivity index (χ1) is 13.1. The van der Waals surface area contributed by atoms with Gasteiger partial charge in [0.1, 0.15) is 5.75 Å². The zero-order valence-electron chi connectivity index (χ0n) is 15.6. The summed E-state index contributed by atoms with van der Waals surface area (Å²) in [5.41, 5.74) is 2.56. The molecule has 1 amide bonds. The lowest BCUT2D eigenvalue weighted by Gasteiger charge is -2.07. The van der Waals surface area contributed by atoms with Crippen molar-refractivity contribution in [2.75, 3.05) is 13.7 Å². The molecule has 0 bridgehead atoms. The fourth-order valence-electron chi connectivity index (χ4n) is 2.61. The quantitative estimate of drug-likeness (QED) is 0.632. The fourth-order valence-corrected chi connectivity index (χ4v) is 3.54. The molecule has 0 aliphatic rings. The van der Waals surface area contributed by atoms with Crippen LogP contribution in [0.3, 0.4) is 0 Å². The number of nitrogens with zero attached hydrogens (tertiary/aromatic N) is 3. The molecule has 0 aliphatic heterocycles. The zero-order valence-corrected chi connectivity index (χ0v) is 16.4. The van der Waals surface area contributed by atoms with Gasteiger partial charge in [-0.25, -0.2) is 4.99 Å². The Morgan fingerprint density at radius 2 is 2.26 bits per heavy atom. The number of hydrogen-bond donors (Lipinski definition) is 1. The van der Waals surface area contributed by atoms with E-state index in [1.165, 1.54) is 18.3 Å². The number of ether oxygens (including phenoxy) is 1. The lowest BCUT2D eigenvalue weighted by Crippen LogP contribution is -2.24. The second-order valence-electron chi connectivity index (χ2n) is 6.04. The summed E-state index contributed by atoms with van der Waals surface area (Å²) in [4.78, 5) is 16.7. The Labute approximate surface area is 161 Å². The number of hydrogen-bond acceptors (Lipinski definition) is 6. The topological polar surface area (TPSA) is 81.7 Å². The highest BCUT2D eigenvalue weighted by Gasteiger charge is 2.12. The first kappa shape index (κ1) is 18.9. The predicted molar refractivity (Wildman–Crippen MR) is 104 cm³/mol. The number of rotatable bonds is 7. The zero-order chi connectivity index (χ0) is 19.2. The van der Waals surface area contributed by atoms with Gasteiger partial charge in [0.05, 0.1) is 24.2 Å². The Morgan fingerprint density at radius 1 is 1.41 bits per heavy atom. The molecule has 2 heterocycles. The molecule has 0 radical (unpaired) electrons. The standard InChI is InChI=1S/C19H22N4O3S/c1-13-10-18(26-22-13)17-12-27-19(23(17)9-5-8-20-14(2)24)21-15-6-4-7-16(11-15)25-3/h4,6-7,10-12H,5,8-9H2,1-3H3,(H,20,24). The summed E-state index contributed by atoms with van der Waals surface area (Å²) in [6.07, 6.45) is 0.779. The Morgan fingerprint density at radius 3 is 2.96 bits per heavy atom. The van der Waals surface area contributed by atoms with Gasteiger partial charge in [0.15, 0.2) is 10.6 Å². The van der Waals surface area contributed by atoms with Gasteiger partial charge >= 0.3 is 0 Å². The van der Waals surface area contributed by atoms with Crippen molar-refractivity contribution in [2.24, 2.45) is 4.99 Å². The molecule has 7 nitrogen and oxygen atoms in total. The molecular formula is C19H22N4O3S. The summed E-state index contributed by atoms with van der Waals surface area (Å²) in [7, 11) is 1.64. The Kier molecular flexibility index (Phi) is 6.08. The van der Waals surface area contributed by atoms with E-state index in [9.17, 15) is 4.79 Å². The summed E-state index contributed by atoms with van der Waals surface area (Å²) in [6.45, 7) is 4.71. The molecule has 0 fully saturated rings. The molecule has 8 heteroatoms. The average molecular weight is 386 g/mol. The first-order valence-electron chi connectivity index (χ1n) is 8.62. The third-order valence-electron chi connectivity index (χ3n) is 3.89. The predicted octanol–water partition coefficient (Wildman–Crippen LogP) is 3.28. The van der Waals surface area contributed by atoms with E-state index in [1.807, 2.05) is 42.6 Å². The lowest BCUT2D eigenvalue weighted by molar-refractivity contribution is -0.118. The van der Waals surface area contributed by atoms with Crippen LogP contribution in [-0.4, -0.2) is 29.3 Å². The van der Waals surface area contributed by atoms with Gasteiger partial charge in [-0.15, -0.1) is 11.3 Å². The molecule has 0 atom stereocenters. The van der Waals surface area contributed by atoms with Crippen LogP contribution in [0.2, 0.25) is 0 Å². The normalized spacial score (nSPS) is 11.6. The molecule has 0 spiro atoms. The number of aromatic nitrogens is 2. The minimum absolute atomic E-state index is 0.0299. The summed E-state index contributed by atoms with van der Waals surface area (Å²) < 4.78 is 12.8. The maximum atomic E-state index is 11.1. The Bertz CT molecular complexity index is 987. The van der Waals surface area contributed by atoms with Crippen molar-refractivity contribution in [3.8, 4) is 17.2 Å². The molecule has 0 saturated carbocycles. The van der Waals surface area contributed by atoms with E-state index in [2.05, 4.69) is 15.0 Å². The highest BCUT2D eigenvalue weighted by molar-refractivity contribution is 7.07. The highest BCUT2D eigenvalue weighted by atomic mass is 32.1. The number of amides is 1. The lowest BCUT2D eigenvalue weighted by atomic mass is 10.3. The van der Waals surface area contributed by atoms with Crippen LogP contribution in [0.15, 0.2) is 45.2 Å². The van der Waals surface area contributed by atoms with Crippen molar-refractivity contribution >= 4 is 22.9 Å². The molecule has 27 heavy (non-hydrogen) atoms. The largest absolute Gasteiger partial charge is 0.497 e. The molecule has 0 unspecified atom stereocenters. The summed E-state index contributed by atoms with van der Waals surface area (Å²) in [5.74, 6) is 1.43. The van der Waals surface area contributed by atoms with E-state index in [0.29, 0.717) is 18.8 Å². The number of carbonyl (C=O) groups excluding carboxylic acids is 1. The number of thiazole rings is 1. The maximum Gasteiger partial charge on any atom is 0.216 e. The summed E-state index contributed by atoms with van der Waals surface area (Å²) in [5, 5.41) is 8.82. The maximum absolute atomic E-state index is 11.1. The number of methoxy groups -OCH3 is 1. The van der Waals surface area contributed by atoms with Crippen molar-refractivity contribution in [1.29, 1.82) is 0 Å². The SMILES string of the molecule is COc1cccc(N=c2scc(-c3cc(C)no3)n2CCCNC(C)=O)c1. The number of aryl methyl sites for hydroxylation is 1. The van der Waals surface area contributed by atoms with Gasteiger partial charge in [0.2, 0.25) is 5.91 Å². The summed E-state index contributed by atoms with van der Waals surface area (Å²) >= 11 is 1.53. The number of benzene rings is 1. The minimum Gasteiger partial charge on any atom is -0.497 e. The van der Waals surface area contributed by atoms with Gasteiger partial charge in [-0.3, -0.25) is 4.79 Å². The second-order valence-corrected chi connectivity index (χ2v) is 6.87. The summed E-state index contributed by atoms with van der Waals surface area (Å²) in [6, 6.07) is 9.52. The molecule has 1 N–H and O–H groups in total. The molecule has 0 saturated heterocycles. The van der Waals surface area contributed by atoms with E-state index in [4.69, 9.17) is 14.3 Å². The molecule has 142 valence electrons. The van der Waals surface area contributed by atoms with Crippen LogP contribution in [0.25, 0.3) is 11.5 Å². The second kappa shape index (κ2) is 8.68. The molecular weight excluding hydrogens is 364 g/mol. The number of nitrogens with one attached hydrogen (secondary N) is 1. The monoisotopic (exact) mass is 386 g/mol. The van der Waals surface area contributed by atoms with Gasteiger partial charge in [-0.2, -0.15) is 0 Å². The van der Waals surface area contributed by atoms with E-state index in [-0.39, 0.29) is 5.91 Å². The van der Waals surface area contributed by atoms with Gasteiger partial charge in [-0.1, -0.05) is 11.2 Å². The van der Waals surface area contributed by atoms with E-state index in [1.54, 1.807) is 7.11 Å². The van der Waals surface area contributed by atoms with Crippen LogP contribution in [0.1, 0.15) is 19.0 Å². The van der Waals surface area contributed by atoms with Crippen LogP contribution in [0.5, 0.6) is 5.75 Å². The van der Waals surface area contributed by atoms with Gasteiger partial charge < -0.3 is 19.1 Å². The smallest absolute Gasteiger partial charge is 0.216 e. The van der Waals surface area contributed by atoms with Crippen LogP contribution < -0.4 is 14.9 Å². The van der Waals surface area contributed by atoms with Crippen molar-refractivity contribution in [2.45, 2.75) is 26.8 Å². The fraction of sp³-hybridized carbons (Fsp3) is 0.316. The highest BCUT2D eigenvalue weighted by Crippen LogP contribution is 2.23. The van der Waals surface area contributed by atoms with Gasteiger partial charge in [0, 0.05) is 37.5 Å². The van der Waals surface area contributed by atoms with Gasteiger partial charge in [0.25, 0.3) is 0 Å². The van der Waals surface area contributed by atoms with Crippen LogP contribution in [0.4, 0.5) is 5.69 Å². The van der Waals surface area contributed by atoms with Crippen LogP contribution in [-0.2, 0) is 11.3 Å². The average Bonchev–Trinajstić information content (AvgIpc) is 3.25. The third kappa shape index (κ3) is 4.85. The molecule has 1 aromatic carbocycles. The Hall–Kier alpha value is -2.87. The minimum atomic E-state index is -0.0299. The molecule has 0 aliphatic carbocycles. The van der Waals surface area contributed by atoms with Gasteiger partial charge in [-0.05, 0) is 25.5 Å². The molecule has 3 aromatic rings. The van der Waals surface area contributed by atoms with E-state index in [0.717, 1.165) is 34.0 Å².